The van der Waals surface area contributed by atoms with Gasteiger partial charge in [0, 0.05) is 10.0 Å². The zero-order valence-electron chi connectivity index (χ0n) is 15.2. The third-order valence-corrected chi connectivity index (χ3v) is 4.88. The van der Waals surface area contributed by atoms with Crippen molar-refractivity contribution in [3.05, 3.63) is 101 Å². The lowest BCUT2D eigenvalue weighted by Crippen LogP contribution is -2.02. The van der Waals surface area contributed by atoms with E-state index in [1.54, 1.807) is 6.07 Å². The van der Waals surface area contributed by atoms with E-state index in [2.05, 4.69) is 20.9 Å². The summed E-state index contributed by atoms with van der Waals surface area (Å²) in [4.78, 5) is 15.9. The van der Waals surface area contributed by atoms with Crippen LogP contribution in [0.3, 0.4) is 0 Å². The number of halogens is 1. The molecule has 142 valence electrons. The highest BCUT2D eigenvalue weighted by molar-refractivity contribution is 9.10. The number of benzene rings is 3. The number of aromatic nitrogens is 1. The molecule has 5 heteroatoms. The fourth-order valence-electron chi connectivity index (χ4n) is 2.92. The van der Waals surface area contributed by atoms with Crippen molar-refractivity contribution in [2.75, 3.05) is 0 Å². The molecule has 0 amide bonds. The molecule has 4 aromatic rings. The minimum atomic E-state index is -1.06. The van der Waals surface area contributed by atoms with Gasteiger partial charge < -0.3 is 9.84 Å². The number of hydrogen-bond acceptors (Lipinski definition) is 3. The molecule has 0 radical (unpaired) electrons. The van der Waals surface area contributed by atoms with E-state index in [9.17, 15) is 9.90 Å². The molecule has 0 unspecified atom stereocenters. The largest absolute Gasteiger partial charge is 0.477 e. The van der Waals surface area contributed by atoms with Crippen LogP contribution in [0.1, 0.15) is 10.5 Å². The first-order chi connectivity index (χ1) is 14.1. The first-order valence-electron chi connectivity index (χ1n) is 8.93. The van der Waals surface area contributed by atoms with E-state index in [1.165, 1.54) is 0 Å². The summed E-state index contributed by atoms with van der Waals surface area (Å²) in [5.41, 5.74) is 3.12. The Morgan fingerprint density at radius 2 is 1.38 bits per heavy atom. The van der Waals surface area contributed by atoms with Gasteiger partial charge in [0.1, 0.15) is 17.2 Å². The lowest BCUT2D eigenvalue weighted by Gasteiger charge is -2.10. The number of aromatic carboxylic acids is 1. The average Bonchev–Trinajstić information content (AvgIpc) is 2.75. The first kappa shape index (κ1) is 18.9. The van der Waals surface area contributed by atoms with E-state index >= 15 is 0 Å². The van der Waals surface area contributed by atoms with Crippen LogP contribution in [0.25, 0.3) is 22.4 Å². The van der Waals surface area contributed by atoms with Gasteiger partial charge in [0.25, 0.3) is 0 Å². The summed E-state index contributed by atoms with van der Waals surface area (Å²) >= 11 is 3.41. The molecule has 0 bridgehead atoms. The van der Waals surface area contributed by atoms with Gasteiger partial charge in [-0.1, -0.05) is 58.4 Å². The summed E-state index contributed by atoms with van der Waals surface area (Å²) in [6.45, 7) is 0. The van der Waals surface area contributed by atoms with Crippen molar-refractivity contribution in [2.45, 2.75) is 0 Å². The highest BCUT2D eigenvalue weighted by atomic mass is 79.9. The van der Waals surface area contributed by atoms with E-state index < -0.39 is 5.97 Å². The number of pyridine rings is 1. The molecule has 0 saturated carbocycles. The van der Waals surface area contributed by atoms with Crippen molar-refractivity contribution in [1.82, 2.24) is 4.98 Å². The highest BCUT2D eigenvalue weighted by Crippen LogP contribution is 2.29. The Bertz CT molecular complexity index is 1140. The second-order valence-electron chi connectivity index (χ2n) is 6.38. The standard InChI is InChI=1S/C24H16BrNO3/c25-19-10-6-17(7-11-19)22-14-18(15-23(26-22)24(27)28)16-8-12-21(13-9-16)29-20-4-2-1-3-5-20/h1-15H,(H,27,28). The smallest absolute Gasteiger partial charge is 0.354 e. The molecule has 1 aromatic heterocycles. The molecule has 1 heterocycles. The quantitative estimate of drug-likeness (QED) is 0.372. The number of nitrogens with zero attached hydrogens (tertiary/aromatic N) is 1. The number of carboxylic acid groups (broad SMARTS) is 1. The number of ether oxygens (including phenoxy) is 1. The maximum Gasteiger partial charge on any atom is 0.354 e. The number of rotatable bonds is 5. The SMILES string of the molecule is O=C(O)c1cc(-c2ccc(Oc3ccccc3)cc2)cc(-c2ccc(Br)cc2)n1. The van der Waals surface area contributed by atoms with Gasteiger partial charge in [0.2, 0.25) is 0 Å². The Kier molecular flexibility index (Phi) is 5.40. The monoisotopic (exact) mass is 445 g/mol. The summed E-state index contributed by atoms with van der Waals surface area (Å²) in [5.74, 6) is 0.407. The van der Waals surface area contributed by atoms with Crippen LogP contribution in [0.5, 0.6) is 11.5 Å². The summed E-state index contributed by atoms with van der Waals surface area (Å²) < 4.78 is 6.77. The molecule has 0 aliphatic rings. The van der Waals surface area contributed by atoms with Crippen molar-refractivity contribution in [1.29, 1.82) is 0 Å². The molecular formula is C24H16BrNO3. The van der Waals surface area contributed by atoms with Crippen LogP contribution >= 0.6 is 15.9 Å². The topological polar surface area (TPSA) is 59.4 Å². The third kappa shape index (κ3) is 4.52. The normalized spacial score (nSPS) is 10.5. The first-order valence-corrected chi connectivity index (χ1v) is 9.72. The van der Waals surface area contributed by atoms with Crippen LogP contribution in [0.4, 0.5) is 0 Å². The molecule has 4 rings (SSSR count). The van der Waals surface area contributed by atoms with Crippen molar-refractivity contribution < 1.29 is 14.6 Å². The van der Waals surface area contributed by atoms with Gasteiger partial charge in [-0.3, -0.25) is 0 Å². The van der Waals surface area contributed by atoms with Crippen LogP contribution in [0, 0.1) is 0 Å². The Morgan fingerprint density at radius 1 is 0.759 bits per heavy atom. The minimum absolute atomic E-state index is 0.00466. The molecule has 0 aliphatic carbocycles. The van der Waals surface area contributed by atoms with E-state index in [-0.39, 0.29) is 5.69 Å². The fraction of sp³-hybridized carbons (Fsp3) is 0. The predicted molar refractivity (Wildman–Crippen MR) is 116 cm³/mol. The summed E-state index contributed by atoms with van der Waals surface area (Å²) in [6, 6.07) is 28.2. The molecular weight excluding hydrogens is 430 g/mol. The second kappa shape index (κ2) is 8.29. The van der Waals surface area contributed by atoms with Gasteiger partial charge in [-0.25, -0.2) is 9.78 Å². The minimum Gasteiger partial charge on any atom is -0.477 e. The van der Waals surface area contributed by atoms with E-state index in [0.717, 1.165) is 26.9 Å². The number of hydrogen-bond donors (Lipinski definition) is 1. The van der Waals surface area contributed by atoms with E-state index in [0.29, 0.717) is 11.4 Å². The third-order valence-electron chi connectivity index (χ3n) is 4.35. The number of para-hydroxylation sites is 1. The lowest BCUT2D eigenvalue weighted by molar-refractivity contribution is 0.0690. The van der Waals surface area contributed by atoms with E-state index in [1.807, 2.05) is 84.9 Å². The molecule has 0 saturated heterocycles. The van der Waals surface area contributed by atoms with Crippen molar-refractivity contribution >= 4 is 21.9 Å². The van der Waals surface area contributed by atoms with E-state index in [4.69, 9.17) is 4.74 Å². The van der Waals surface area contributed by atoms with Crippen LogP contribution in [0.2, 0.25) is 0 Å². The Morgan fingerprint density at radius 3 is 2.03 bits per heavy atom. The molecule has 29 heavy (non-hydrogen) atoms. The molecule has 0 spiro atoms. The van der Waals surface area contributed by atoms with Gasteiger partial charge >= 0.3 is 5.97 Å². The summed E-state index contributed by atoms with van der Waals surface area (Å²) in [5, 5.41) is 9.49. The van der Waals surface area contributed by atoms with Crippen LogP contribution in [-0.4, -0.2) is 16.1 Å². The maximum absolute atomic E-state index is 11.6. The molecule has 0 fully saturated rings. The zero-order valence-corrected chi connectivity index (χ0v) is 16.8. The van der Waals surface area contributed by atoms with Gasteiger partial charge in [-0.15, -0.1) is 0 Å². The Balaban J connectivity index is 1.68. The fourth-order valence-corrected chi connectivity index (χ4v) is 3.18. The van der Waals surface area contributed by atoms with Gasteiger partial charge in [0.05, 0.1) is 5.69 Å². The highest BCUT2D eigenvalue weighted by Gasteiger charge is 2.12. The molecule has 1 N–H and O–H groups in total. The molecule has 0 atom stereocenters. The average molecular weight is 446 g/mol. The van der Waals surface area contributed by atoms with Crippen molar-refractivity contribution in [3.8, 4) is 33.9 Å². The Labute approximate surface area is 176 Å². The molecule has 0 aliphatic heterocycles. The molecule has 4 nitrogen and oxygen atoms in total. The summed E-state index contributed by atoms with van der Waals surface area (Å²) in [6.07, 6.45) is 0. The van der Waals surface area contributed by atoms with Crippen LogP contribution < -0.4 is 4.74 Å². The summed E-state index contributed by atoms with van der Waals surface area (Å²) in [7, 11) is 0. The van der Waals surface area contributed by atoms with Crippen LogP contribution in [-0.2, 0) is 0 Å². The number of carbonyl (C=O) groups is 1. The Hall–Kier alpha value is -3.44. The number of carboxylic acids is 1. The second-order valence-corrected chi connectivity index (χ2v) is 7.29. The maximum atomic E-state index is 11.6. The van der Waals surface area contributed by atoms with Crippen molar-refractivity contribution in [3.63, 3.8) is 0 Å². The van der Waals surface area contributed by atoms with Gasteiger partial charge in [-0.05, 0) is 59.7 Å². The van der Waals surface area contributed by atoms with Gasteiger partial charge in [-0.2, -0.15) is 0 Å². The predicted octanol–water partition coefficient (Wildman–Crippen LogP) is 6.67. The molecule has 3 aromatic carbocycles. The zero-order chi connectivity index (χ0) is 20.2. The lowest BCUT2D eigenvalue weighted by atomic mass is 10.0. The van der Waals surface area contributed by atoms with Gasteiger partial charge in [0.15, 0.2) is 0 Å². The van der Waals surface area contributed by atoms with Crippen molar-refractivity contribution in [2.24, 2.45) is 0 Å². The van der Waals surface area contributed by atoms with Crippen LogP contribution in [0.15, 0.2) is 95.5 Å².